The highest BCUT2D eigenvalue weighted by Gasteiger charge is 2.27. The Morgan fingerprint density at radius 1 is 1.06 bits per heavy atom. The van der Waals surface area contributed by atoms with E-state index in [2.05, 4.69) is 0 Å². The Kier molecular flexibility index (Phi) is 4.66. The normalized spacial score (nSPS) is 11.3. The van der Waals surface area contributed by atoms with Crippen molar-refractivity contribution in [2.75, 3.05) is 0 Å². The fraction of sp³-hybridized carbons (Fsp3) is 0.286. The van der Waals surface area contributed by atoms with Crippen molar-refractivity contribution in [3.8, 4) is 0 Å². The van der Waals surface area contributed by atoms with Crippen molar-refractivity contribution in [2.24, 2.45) is 0 Å². The average molecular weight is 248 g/mol. The molecular weight excluding hydrogens is 232 g/mol. The van der Waals surface area contributed by atoms with Gasteiger partial charge in [-0.1, -0.05) is 36.4 Å². The molecule has 1 aromatic rings. The molecule has 4 nitrogen and oxygen atoms in total. The van der Waals surface area contributed by atoms with Crippen LogP contribution in [-0.2, 0) is 19.1 Å². The molecule has 0 amide bonds. The molecule has 1 rings (SSSR count). The summed E-state index contributed by atoms with van der Waals surface area (Å²) in [6.45, 7) is 4.03. The molecule has 1 aromatic carbocycles. The second kappa shape index (κ2) is 6.00. The van der Waals surface area contributed by atoms with Crippen molar-refractivity contribution in [2.45, 2.75) is 26.6 Å². The van der Waals surface area contributed by atoms with Gasteiger partial charge in [0.1, 0.15) is 0 Å². The van der Waals surface area contributed by atoms with Crippen LogP contribution in [0.1, 0.15) is 26.3 Å². The van der Waals surface area contributed by atoms with Gasteiger partial charge in [-0.3, -0.25) is 9.59 Å². The molecule has 0 N–H and O–H groups in total. The first-order valence-corrected chi connectivity index (χ1v) is 5.55. The second-order valence-corrected chi connectivity index (χ2v) is 3.95. The first kappa shape index (κ1) is 14.0. The zero-order valence-corrected chi connectivity index (χ0v) is 10.7. The van der Waals surface area contributed by atoms with Gasteiger partial charge in [0.25, 0.3) is 5.79 Å². The van der Waals surface area contributed by atoms with Crippen molar-refractivity contribution >= 4 is 18.0 Å². The van der Waals surface area contributed by atoms with E-state index in [9.17, 15) is 9.59 Å². The predicted molar refractivity (Wildman–Crippen MR) is 67.4 cm³/mol. The van der Waals surface area contributed by atoms with Crippen molar-refractivity contribution in [3.05, 3.63) is 42.0 Å². The lowest BCUT2D eigenvalue weighted by Gasteiger charge is -2.24. The van der Waals surface area contributed by atoms with Gasteiger partial charge in [0, 0.05) is 20.8 Å². The second-order valence-electron chi connectivity index (χ2n) is 3.95. The Labute approximate surface area is 106 Å². The highest BCUT2D eigenvalue weighted by Crippen LogP contribution is 2.17. The molecule has 18 heavy (non-hydrogen) atoms. The van der Waals surface area contributed by atoms with Gasteiger partial charge >= 0.3 is 11.9 Å². The molecule has 0 atom stereocenters. The Balaban J connectivity index is 2.87. The minimum atomic E-state index is -1.38. The van der Waals surface area contributed by atoms with E-state index in [-0.39, 0.29) is 0 Å². The summed E-state index contributed by atoms with van der Waals surface area (Å²) in [6, 6.07) is 9.44. The minimum Gasteiger partial charge on any atom is -0.419 e. The molecule has 0 aliphatic carbocycles. The molecule has 0 radical (unpaired) electrons. The number of hydrogen-bond acceptors (Lipinski definition) is 4. The van der Waals surface area contributed by atoms with Crippen molar-refractivity contribution in [1.29, 1.82) is 0 Å². The fourth-order valence-electron chi connectivity index (χ4n) is 1.47. The van der Waals surface area contributed by atoms with Gasteiger partial charge in [0.15, 0.2) is 0 Å². The number of ether oxygens (including phenoxy) is 2. The SMILES string of the molecule is CC(=O)OC(C)(C=Cc1ccccc1)OC(C)=O. The summed E-state index contributed by atoms with van der Waals surface area (Å²) in [4.78, 5) is 22.0. The summed E-state index contributed by atoms with van der Waals surface area (Å²) in [5.41, 5.74) is 0.919. The summed E-state index contributed by atoms with van der Waals surface area (Å²) in [5, 5.41) is 0. The van der Waals surface area contributed by atoms with Crippen LogP contribution < -0.4 is 0 Å². The molecule has 0 bridgehead atoms. The van der Waals surface area contributed by atoms with Crippen LogP contribution in [-0.4, -0.2) is 17.7 Å². The van der Waals surface area contributed by atoms with Crippen LogP contribution in [0.3, 0.4) is 0 Å². The predicted octanol–water partition coefficient (Wildman–Crippen LogP) is 2.54. The maximum atomic E-state index is 11.0. The molecule has 0 fully saturated rings. The van der Waals surface area contributed by atoms with E-state index in [0.29, 0.717) is 0 Å². The van der Waals surface area contributed by atoms with E-state index < -0.39 is 17.7 Å². The molecule has 0 saturated heterocycles. The summed E-state index contributed by atoms with van der Waals surface area (Å²) in [7, 11) is 0. The third kappa shape index (κ3) is 4.82. The quantitative estimate of drug-likeness (QED) is 0.607. The molecule has 0 saturated carbocycles. The Morgan fingerprint density at radius 2 is 1.56 bits per heavy atom. The maximum absolute atomic E-state index is 11.0. The van der Waals surface area contributed by atoms with Crippen molar-refractivity contribution in [3.63, 3.8) is 0 Å². The third-order valence-corrected chi connectivity index (χ3v) is 2.07. The standard InChI is InChI=1S/C14H16O4/c1-11(15)17-14(3,18-12(2)16)10-9-13-7-5-4-6-8-13/h4-10H,1-3H3. The van der Waals surface area contributed by atoms with Gasteiger partial charge in [-0.15, -0.1) is 0 Å². The van der Waals surface area contributed by atoms with Crippen molar-refractivity contribution in [1.82, 2.24) is 0 Å². The topological polar surface area (TPSA) is 52.6 Å². The molecule has 0 aliphatic heterocycles. The van der Waals surface area contributed by atoms with Crippen LogP contribution >= 0.6 is 0 Å². The van der Waals surface area contributed by atoms with Crippen LogP contribution in [0.25, 0.3) is 6.08 Å². The van der Waals surface area contributed by atoms with Crippen LogP contribution in [0.5, 0.6) is 0 Å². The van der Waals surface area contributed by atoms with Gasteiger partial charge in [-0.2, -0.15) is 0 Å². The third-order valence-electron chi connectivity index (χ3n) is 2.07. The summed E-state index contributed by atoms with van der Waals surface area (Å²) >= 11 is 0. The molecule has 0 unspecified atom stereocenters. The van der Waals surface area contributed by atoms with E-state index in [1.54, 1.807) is 6.08 Å². The summed E-state index contributed by atoms with van der Waals surface area (Å²) in [5.74, 6) is -2.42. The molecule has 0 heterocycles. The van der Waals surface area contributed by atoms with E-state index in [4.69, 9.17) is 9.47 Å². The number of carbonyl (C=O) groups is 2. The highest BCUT2D eigenvalue weighted by molar-refractivity contribution is 5.69. The minimum absolute atomic E-state index is 0.517. The molecule has 0 aliphatic rings. The zero-order valence-electron chi connectivity index (χ0n) is 10.7. The van der Waals surface area contributed by atoms with Crippen LogP contribution in [0.2, 0.25) is 0 Å². The average Bonchev–Trinajstić information content (AvgIpc) is 2.26. The molecule has 96 valence electrons. The zero-order chi connectivity index (χ0) is 13.6. The van der Waals surface area contributed by atoms with Gasteiger partial charge in [-0.05, 0) is 11.6 Å². The Morgan fingerprint density at radius 3 is 2.00 bits per heavy atom. The first-order chi connectivity index (χ1) is 8.41. The van der Waals surface area contributed by atoms with Gasteiger partial charge in [0.2, 0.25) is 0 Å². The number of carbonyl (C=O) groups excluding carboxylic acids is 2. The van der Waals surface area contributed by atoms with Gasteiger partial charge < -0.3 is 9.47 Å². The van der Waals surface area contributed by atoms with Crippen molar-refractivity contribution < 1.29 is 19.1 Å². The number of esters is 2. The van der Waals surface area contributed by atoms with E-state index >= 15 is 0 Å². The number of benzene rings is 1. The Bertz CT molecular complexity index is 432. The molecule has 0 aromatic heterocycles. The van der Waals surface area contributed by atoms with Gasteiger partial charge in [0.05, 0.1) is 0 Å². The largest absolute Gasteiger partial charge is 0.419 e. The molecular formula is C14H16O4. The smallest absolute Gasteiger partial charge is 0.306 e. The lowest BCUT2D eigenvalue weighted by atomic mass is 10.2. The fourth-order valence-corrected chi connectivity index (χ4v) is 1.47. The lowest BCUT2D eigenvalue weighted by molar-refractivity contribution is -0.203. The van der Waals surface area contributed by atoms with Crippen LogP contribution in [0.4, 0.5) is 0 Å². The highest BCUT2D eigenvalue weighted by atomic mass is 16.7. The summed E-state index contributed by atoms with van der Waals surface area (Å²) in [6.07, 6.45) is 3.26. The lowest BCUT2D eigenvalue weighted by Crippen LogP contribution is -2.33. The Hall–Kier alpha value is -2.10. The van der Waals surface area contributed by atoms with E-state index in [1.807, 2.05) is 30.3 Å². The van der Waals surface area contributed by atoms with Gasteiger partial charge in [-0.25, -0.2) is 0 Å². The van der Waals surface area contributed by atoms with E-state index in [0.717, 1.165) is 5.56 Å². The number of hydrogen-bond donors (Lipinski definition) is 0. The summed E-state index contributed by atoms with van der Waals surface area (Å²) < 4.78 is 10.0. The van der Waals surface area contributed by atoms with E-state index in [1.165, 1.54) is 26.8 Å². The van der Waals surface area contributed by atoms with Crippen LogP contribution in [0.15, 0.2) is 36.4 Å². The molecule has 0 spiro atoms. The van der Waals surface area contributed by atoms with Crippen LogP contribution in [0, 0.1) is 0 Å². The first-order valence-electron chi connectivity index (χ1n) is 5.55. The number of rotatable bonds is 4. The molecule has 4 heteroatoms. The monoisotopic (exact) mass is 248 g/mol. The maximum Gasteiger partial charge on any atom is 0.306 e.